The largest absolute Gasteiger partial charge is 0.469 e. The molecular weight excluding hydrogens is 320 g/mol. The Hall–Kier alpha value is -2.50. The summed E-state index contributed by atoms with van der Waals surface area (Å²) in [7, 11) is 0. The van der Waals surface area contributed by atoms with Crippen LogP contribution in [0.3, 0.4) is 0 Å². The van der Waals surface area contributed by atoms with E-state index in [-0.39, 0.29) is 18.2 Å². The molecule has 0 saturated carbocycles. The first-order valence-electron chi connectivity index (χ1n) is 8.74. The zero-order chi connectivity index (χ0) is 18.1. The molecule has 0 bridgehead atoms. The molecule has 0 aromatic carbocycles. The maximum atomic E-state index is 12.8. The van der Waals surface area contributed by atoms with E-state index in [4.69, 9.17) is 8.83 Å². The molecule has 0 aliphatic carbocycles. The van der Waals surface area contributed by atoms with Crippen LogP contribution in [0.1, 0.15) is 54.5 Å². The monoisotopic (exact) mass is 346 g/mol. The molecule has 2 heterocycles. The summed E-state index contributed by atoms with van der Waals surface area (Å²) >= 11 is 0. The van der Waals surface area contributed by atoms with Crippen LogP contribution in [-0.2, 0) is 11.3 Å². The van der Waals surface area contributed by atoms with Gasteiger partial charge in [-0.05, 0) is 31.5 Å². The van der Waals surface area contributed by atoms with E-state index in [1.165, 1.54) is 6.26 Å². The molecule has 0 aliphatic rings. The standard InChI is InChI=1S/C19H26N2O4/c1-3-4-5-10-20-18(22)8-11-21(14-16-7-6-12-25-16)19(23)17-9-13-24-15(17)2/h6-7,9,12-13H,3-5,8,10-11,14H2,1-2H3,(H,20,22). The Morgan fingerprint density at radius 1 is 1.16 bits per heavy atom. The highest BCUT2D eigenvalue weighted by atomic mass is 16.3. The van der Waals surface area contributed by atoms with Gasteiger partial charge in [-0.2, -0.15) is 0 Å². The van der Waals surface area contributed by atoms with Gasteiger partial charge in [-0.15, -0.1) is 0 Å². The van der Waals surface area contributed by atoms with Crippen LogP contribution in [0.4, 0.5) is 0 Å². The van der Waals surface area contributed by atoms with Crippen molar-refractivity contribution in [2.24, 2.45) is 0 Å². The molecule has 0 fully saturated rings. The molecule has 0 spiro atoms. The summed E-state index contributed by atoms with van der Waals surface area (Å²) < 4.78 is 10.6. The minimum Gasteiger partial charge on any atom is -0.469 e. The van der Waals surface area contributed by atoms with E-state index in [2.05, 4.69) is 12.2 Å². The maximum Gasteiger partial charge on any atom is 0.257 e. The van der Waals surface area contributed by atoms with Gasteiger partial charge < -0.3 is 19.1 Å². The molecule has 2 rings (SSSR count). The van der Waals surface area contributed by atoms with Crippen molar-refractivity contribution < 1.29 is 18.4 Å². The molecule has 0 unspecified atom stereocenters. The lowest BCUT2D eigenvalue weighted by Gasteiger charge is -2.21. The normalized spacial score (nSPS) is 10.6. The molecule has 6 heteroatoms. The van der Waals surface area contributed by atoms with Crippen LogP contribution in [0, 0.1) is 6.92 Å². The first kappa shape index (κ1) is 18.8. The van der Waals surface area contributed by atoms with Gasteiger partial charge in [-0.3, -0.25) is 9.59 Å². The number of rotatable bonds is 10. The van der Waals surface area contributed by atoms with Gasteiger partial charge in [0.15, 0.2) is 0 Å². The van der Waals surface area contributed by atoms with E-state index in [9.17, 15) is 9.59 Å². The predicted molar refractivity (Wildman–Crippen MR) is 94.0 cm³/mol. The Bertz CT molecular complexity index is 661. The average molecular weight is 346 g/mol. The van der Waals surface area contributed by atoms with E-state index in [1.807, 2.05) is 6.07 Å². The van der Waals surface area contributed by atoms with Gasteiger partial charge in [0.25, 0.3) is 5.91 Å². The molecular formula is C19H26N2O4. The Kier molecular flexibility index (Phi) is 7.32. The van der Waals surface area contributed by atoms with Crippen molar-refractivity contribution in [2.75, 3.05) is 13.1 Å². The third-order valence-corrected chi connectivity index (χ3v) is 4.01. The molecule has 0 saturated heterocycles. The van der Waals surface area contributed by atoms with Crippen molar-refractivity contribution in [1.82, 2.24) is 10.2 Å². The highest BCUT2D eigenvalue weighted by Crippen LogP contribution is 2.15. The molecule has 0 atom stereocenters. The van der Waals surface area contributed by atoms with Gasteiger partial charge in [0.2, 0.25) is 5.91 Å². The van der Waals surface area contributed by atoms with Crippen LogP contribution >= 0.6 is 0 Å². The molecule has 136 valence electrons. The Balaban J connectivity index is 1.94. The fraction of sp³-hybridized carbons (Fsp3) is 0.474. The molecule has 2 aromatic rings. The fourth-order valence-electron chi connectivity index (χ4n) is 2.55. The Labute approximate surface area is 148 Å². The van der Waals surface area contributed by atoms with Crippen LogP contribution in [0.2, 0.25) is 0 Å². The van der Waals surface area contributed by atoms with Crippen molar-refractivity contribution in [3.8, 4) is 0 Å². The topological polar surface area (TPSA) is 75.7 Å². The number of aryl methyl sites for hydroxylation is 1. The molecule has 2 amide bonds. The highest BCUT2D eigenvalue weighted by Gasteiger charge is 2.21. The molecule has 0 radical (unpaired) electrons. The smallest absolute Gasteiger partial charge is 0.257 e. The van der Waals surface area contributed by atoms with E-state index in [1.54, 1.807) is 30.2 Å². The molecule has 1 N–H and O–H groups in total. The zero-order valence-electron chi connectivity index (χ0n) is 14.9. The lowest BCUT2D eigenvalue weighted by molar-refractivity contribution is -0.121. The summed E-state index contributed by atoms with van der Waals surface area (Å²) in [6, 6.07) is 5.24. The SMILES string of the molecule is CCCCCNC(=O)CCN(Cc1ccco1)C(=O)c1ccoc1C. The summed E-state index contributed by atoms with van der Waals surface area (Å²) in [6.45, 7) is 5.19. The van der Waals surface area contributed by atoms with E-state index in [0.29, 0.717) is 36.7 Å². The third-order valence-electron chi connectivity index (χ3n) is 4.01. The fourth-order valence-corrected chi connectivity index (χ4v) is 2.55. The van der Waals surface area contributed by atoms with Crippen molar-refractivity contribution in [3.05, 3.63) is 47.8 Å². The highest BCUT2D eigenvalue weighted by molar-refractivity contribution is 5.95. The van der Waals surface area contributed by atoms with Crippen LogP contribution in [0.25, 0.3) is 0 Å². The number of nitrogens with one attached hydrogen (secondary N) is 1. The Morgan fingerprint density at radius 3 is 2.64 bits per heavy atom. The van der Waals surface area contributed by atoms with Crippen LogP contribution in [0.15, 0.2) is 39.6 Å². The number of hydrogen-bond acceptors (Lipinski definition) is 4. The second-order valence-electron chi connectivity index (χ2n) is 6.00. The number of nitrogens with zero attached hydrogens (tertiary/aromatic N) is 1. The zero-order valence-corrected chi connectivity index (χ0v) is 14.9. The number of hydrogen-bond donors (Lipinski definition) is 1. The average Bonchev–Trinajstić information content (AvgIpc) is 3.26. The lowest BCUT2D eigenvalue weighted by Crippen LogP contribution is -2.35. The Morgan fingerprint density at radius 2 is 2.00 bits per heavy atom. The molecule has 25 heavy (non-hydrogen) atoms. The second-order valence-corrected chi connectivity index (χ2v) is 6.00. The van der Waals surface area contributed by atoms with E-state index in [0.717, 1.165) is 19.3 Å². The van der Waals surface area contributed by atoms with Crippen LogP contribution < -0.4 is 5.32 Å². The molecule has 2 aromatic heterocycles. The van der Waals surface area contributed by atoms with Gasteiger partial charge in [0, 0.05) is 19.5 Å². The van der Waals surface area contributed by atoms with Crippen LogP contribution in [0.5, 0.6) is 0 Å². The van der Waals surface area contributed by atoms with Gasteiger partial charge >= 0.3 is 0 Å². The number of carbonyl (C=O) groups is 2. The maximum absolute atomic E-state index is 12.8. The van der Waals surface area contributed by atoms with Crippen molar-refractivity contribution in [3.63, 3.8) is 0 Å². The van der Waals surface area contributed by atoms with Gasteiger partial charge in [0.05, 0.1) is 24.6 Å². The summed E-state index contributed by atoms with van der Waals surface area (Å²) in [4.78, 5) is 26.4. The van der Waals surface area contributed by atoms with Gasteiger partial charge in [-0.1, -0.05) is 19.8 Å². The summed E-state index contributed by atoms with van der Waals surface area (Å²) in [6.07, 6.45) is 6.52. The molecule has 0 aliphatic heterocycles. The predicted octanol–water partition coefficient (Wildman–Crippen LogP) is 3.52. The van der Waals surface area contributed by atoms with E-state index >= 15 is 0 Å². The molecule has 6 nitrogen and oxygen atoms in total. The van der Waals surface area contributed by atoms with E-state index < -0.39 is 0 Å². The third kappa shape index (κ3) is 5.81. The number of unbranched alkanes of at least 4 members (excludes halogenated alkanes) is 2. The summed E-state index contributed by atoms with van der Waals surface area (Å²) in [5.41, 5.74) is 0.509. The van der Waals surface area contributed by atoms with Crippen LogP contribution in [-0.4, -0.2) is 29.8 Å². The van der Waals surface area contributed by atoms with Crippen molar-refractivity contribution in [2.45, 2.75) is 46.1 Å². The second kappa shape index (κ2) is 9.71. The number of furan rings is 2. The minimum absolute atomic E-state index is 0.0442. The number of amides is 2. The van der Waals surface area contributed by atoms with Crippen molar-refractivity contribution >= 4 is 11.8 Å². The summed E-state index contributed by atoms with van der Waals surface area (Å²) in [5.74, 6) is 1.04. The first-order valence-corrected chi connectivity index (χ1v) is 8.74. The first-order chi connectivity index (χ1) is 12.1. The number of carbonyl (C=O) groups excluding carboxylic acids is 2. The van der Waals surface area contributed by atoms with Gasteiger partial charge in [-0.25, -0.2) is 0 Å². The quantitative estimate of drug-likeness (QED) is 0.668. The lowest BCUT2D eigenvalue weighted by atomic mass is 10.2. The van der Waals surface area contributed by atoms with Crippen molar-refractivity contribution in [1.29, 1.82) is 0 Å². The van der Waals surface area contributed by atoms with Gasteiger partial charge in [0.1, 0.15) is 11.5 Å². The summed E-state index contributed by atoms with van der Waals surface area (Å²) in [5, 5.41) is 2.90. The minimum atomic E-state index is -0.165.